The highest BCUT2D eigenvalue weighted by molar-refractivity contribution is 5.80. The molecule has 0 aliphatic rings. The molecule has 0 saturated heterocycles. The predicted octanol–water partition coefficient (Wildman–Crippen LogP) is 3.30. The van der Waals surface area contributed by atoms with Crippen molar-refractivity contribution in [2.45, 2.75) is 13.3 Å². The Bertz CT molecular complexity index is 609. The molecule has 18 heavy (non-hydrogen) atoms. The third-order valence-electron chi connectivity index (χ3n) is 2.62. The van der Waals surface area contributed by atoms with Crippen molar-refractivity contribution in [3.8, 4) is 5.75 Å². The minimum absolute atomic E-state index is 0.0824. The van der Waals surface area contributed by atoms with Crippen LogP contribution >= 0.6 is 0 Å². The maximum Gasteiger partial charge on any atom is 0.339 e. The number of rotatable bonds is 3. The van der Waals surface area contributed by atoms with Gasteiger partial charge >= 0.3 is 5.63 Å². The molecule has 0 aliphatic heterocycles. The Morgan fingerprint density at radius 2 is 2.00 bits per heavy atom. The Morgan fingerprint density at radius 3 is 2.61 bits per heavy atom. The molecule has 1 heterocycles. The monoisotopic (exact) mass is 242 g/mol. The third kappa shape index (κ3) is 2.88. The smallest absolute Gasteiger partial charge is 0.339 e. The molecule has 0 fully saturated rings. The van der Waals surface area contributed by atoms with Crippen LogP contribution in [0.5, 0.6) is 5.75 Å². The highest BCUT2D eigenvalue weighted by Gasteiger charge is 2.02. The standard InChI is InChI=1S/C15H14O3/c1-2-11(12-6-4-3-5-7-12)8-14-9-13(16)10-15(17)18-14/h3-10,16H,2H2,1H3. The zero-order valence-electron chi connectivity index (χ0n) is 10.1. The van der Waals surface area contributed by atoms with E-state index < -0.39 is 5.63 Å². The van der Waals surface area contributed by atoms with Crippen molar-refractivity contribution >= 4 is 11.6 Å². The molecule has 0 radical (unpaired) electrons. The van der Waals surface area contributed by atoms with Crippen molar-refractivity contribution in [3.05, 3.63) is 64.2 Å². The molecule has 1 N–H and O–H groups in total. The van der Waals surface area contributed by atoms with E-state index in [1.165, 1.54) is 6.07 Å². The summed E-state index contributed by atoms with van der Waals surface area (Å²) in [5.74, 6) is 0.279. The molecule has 0 bridgehead atoms. The molecule has 0 saturated carbocycles. The Labute approximate surface area is 105 Å². The van der Waals surface area contributed by atoms with Crippen molar-refractivity contribution in [1.29, 1.82) is 0 Å². The number of hydrogen-bond acceptors (Lipinski definition) is 3. The highest BCUT2D eigenvalue weighted by Crippen LogP contribution is 2.21. The van der Waals surface area contributed by atoms with Crippen molar-refractivity contribution in [2.24, 2.45) is 0 Å². The van der Waals surface area contributed by atoms with Crippen LogP contribution in [0.15, 0.2) is 51.7 Å². The number of benzene rings is 1. The first kappa shape index (κ1) is 12.2. The fourth-order valence-electron chi connectivity index (χ4n) is 1.77. The third-order valence-corrected chi connectivity index (χ3v) is 2.62. The van der Waals surface area contributed by atoms with E-state index in [9.17, 15) is 9.90 Å². The summed E-state index contributed by atoms with van der Waals surface area (Å²) in [4.78, 5) is 11.2. The van der Waals surface area contributed by atoms with Crippen LogP contribution in [-0.4, -0.2) is 5.11 Å². The van der Waals surface area contributed by atoms with Gasteiger partial charge in [-0.05, 0) is 23.6 Å². The Balaban J connectivity index is 2.44. The van der Waals surface area contributed by atoms with E-state index in [-0.39, 0.29) is 5.75 Å². The molecule has 0 unspecified atom stereocenters. The van der Waals surface area contributed by atoms with Gasteiger partial charge in [0.1, 0.15) is 11.5 Å². The lowest BCUT2D eigenvalue weighted by Gasteiger charge is -2.04. The number of allylic oxidation sites excluding steroid dienone is 1. The van der Waals surface area contributed by atoms with Gasteiger partial charge in [-0.3, -0.25) is 0 Å². The van der Waals surface area contributed by atoms with Crippen LogP contribution < -0.4 is 5.63 Å². The zero-order chi connectivity index (χ0) is 13.0. The topological polar surface area (TPSA) is 50.4 Å². The average molecular weight is 242 g/mol. The fourth-order valence-corrected chi connectivity index (χ4v) is 1.77. The van der Waals surface area contributed by atoms with E-state index in [2.05, 4.69) is 0 Å². The van der Waals surface area contributed by atoms with E-state index in [0.29, 0.717) is 5.76 Å². The summed E-state index contributed by atoms with van der Waals surface area (Å²) in [5, 5.41) is 9.36. The maximum atomic E-state index is 11.2. The SMILES string of the molecule is CCC(=Cc1cc(O)cc(=O)o1)c1ccccc1. The van der Waals surface area contributed by atoms with Gasteiger partial charge < -0.3 is 9.52 Å². The normalized spacial score (nSPS) is 11.5. The molecule has 92 valence electrons. The second-order valence-corrected chi connectivity index (χ2v) is 3.93. The molecule has 3 heteroatoms. The van der Waals surface area contributed by atoms with Gasteiger partial charge in [0.2, 0.25) is 0 Å². The molecule has 2 rings (SSSR count). The lowest BCUT2D eigenvalue weighted by molar-refractivity contribution is 0.444. The molecule has 1 aromatic heterocycles. The summed E-state index contributed by atoms with van der Waals surface area (Å²) in [6, 6.07) is 12.3. The summed E-state index contributed by atoms with van der Waals surface area (Å²) in [7, 11) is 0. The number of aromatic hydroxyl groups is 1. The quantitative estimate of drug-likeness (QED) is 0.898. The molecule has 2 aromatic rings. The van der Waals surface area contributed by atoms with Gasteiger partial charge in [-0.25, -0.2) is 4.79 Å². The first-order valence-electron chi connectivity index (χ1n) is 5.79. The van der Waals surface area contributed by atoms with Crippen LogP contribution in [0.3, 0.4) is 0 Å². The maximum absolute atomic E-state index is 11.2. The largest absolute Gasteiger partial charge is 0.508 e. The summed E-state index contributed by atoms with van der Waals surface area (Å²) >= 11 is 0. The van der Waals surface area contributed by atoms with Crippen molar-refractivity contribution in [3.63, 3.8) is 0 Å². The minimum atomic E-state index is -0.551. The molecular weight excluding hydrogens is 228 g/mol. The van der Waals surface area contributed by atoms with Crippen LogP contribution in [-0.2, 0) is 0 Å². The summed E-state index contributed by atoms with van der Waals surface area (Å²) in [6.07, 6.45) is 2.58. The first-order chi connectivity index (χ1) is 8.69. The van der Waals surface area contributed by atoms with E-state index in [1.54, 1.807) is 6.08 Å². The van der Waals surface area contributed by atoms with Crippen molar-refractivity contribution < 1.29 is 9.52 Å². The van der Waals surface area contributed by atoms with Gasteiger partial charge in [0.25, 0.3) is 0 Å². The van der Waals surface area contributed by atoms with Gasteiger partial charge in [-0.2, -0.15) is 0 Å². The second kappa shape index (κ2) is 5.36. The number of hydrogen-bond donors (Lipinski definition) is 1. The van der Waals surface area contributed by atoms with Gasteiger partial charge in [0.15, 0.2) is 0 Å². The van der Waals surface area contributed by atoms with Crippen LogP contribution in [0.4, 0.5) is 0 Å². The summed E-state index contributed by atoms with van der Waals surface area (Å²) < 4.78 is 5.02. The lowest BCUT2D eigenvalue weighted by Crippen LogP contribution is -1.96. The highest BCUT2D eigenvalue weighted by atomic mass is 16.4. The van der Waals surface area contributed by atoms with Gasteiger partial charge in [0.05, 0.1) is 6.07 Å². The summed E-state index contributed by atoms with van der Waals surface area (Å²) in [5.41, 5.74) is 1.57. The lowest BCUT2D eigenvalue weighted by atomic mass is 10.0. The van der Waals surface area contributed by atoms with Crippen LogP contribution in [0, 0.1) is 0 Å². The average Bonchev–Trinajstić information content (AvgIpc) is 2.36. The molecular formula is C15H14O3. The van der Waals surface area contributed by atoms with Crippen LogP contribution in [0.1, 0.15) is 24.7 Å². The van der Waals surface area contributed by atoms with E-state index >= 15 is 0 Å². The zero-order valence-corrected chi connectivity index (χ0v) is 10.1. The molecule has 0 amide bonds. The Hall–Kier alpha value is -2.29. The van der Waals surface area contributed by atoms with Gasteiger partial charge in [0, 0.05) is 6.07 Å². The molecule has 0 atom stereocenters. The van der Waals surface area contributed by atoms with Crippen molar-refractivity contribution in [2.75, 3.05) is 0 Å². The van der Waals surface area contributed by atoms with Crippen LogP contribution in [0.25, 0.3) is 11.6 Å². The molecule has 0 spiro atoms. The fraction of sp³-hybridized carbons (Fsp3) is 0.133. The van der Waals surface area contributed by atoms with Crippen molar-refractivity contribution in [1.82, 2.24) is 0 Å². The second-order valence-electron chi connectivity index (χ2n) is 3.93. The molecule has 3 nitrogen and oxygen atoms in total. The van der Waals surface area contributed by atoms with E-state index in [0.717, 1.165) is 23.6 Å². The Kier molecular flexibility index (Phi) is 3.63. The van der Waals surface area contributed by atoms with Crippen LogP contribution in [0.2, 0.25) is 0 Å². The molecule has 0 aliphatic carbocycles. The van der Waals surface area contributed by atoms with E-state index in [4.69, 9.17) is 4.42 Å². The molecule has 1 aromatic carbocycles. The Morgan fingerprint density at radius 1 is 1.28 bits per heavy atom. The predicted molar refractivity (Wildman–Crippen MR) is 71.2 cm³/mol. The van der Waals surface area contributed by atoms with E-state index in [1.807, 2.05) is 37.3 Å². The van der Waals surface area contributed by atoms with Gasteiger partial charge in [-0.1, -0.05) is 37.3 Å². The van der Waals surface area contributed by atoms with Gasteiger partial charge in [-0.15, -0.1) is 0 Å². The first-order valence-corrected chi connectivity index (χ1v) is 5.79. The minimum Gasteiger partial charge on any atom is -0.508 e. The summed E-state index contributed by atoms with van der Waals surface area (Å²) in [6.45, 7) is 2.03.